The molecule has 9 nitrogen and oxygen atoms in total. The Bertz CT molecular complexity index is 1590. The zero-order chi connectivity index (χ0) is 27.7. The quantitative estimate of drug-likeness (QED) is 0.243. The van der Waals surface area contributed by atoms with E-state index in [0.717, 1.165) is 43.1 Å². The van der Waals surface area contributed by atoms with Crippen molar-refractivity contribution in [2.75, 3.05) is 5.32 Å². The Kier molecular flexibility index (Phi) is 6.71. The first kappa shape index (κ1) is 25.6. The minimum atomic E-state index is -1.03. The van der Waals surface area contributed by atoms with Crippen LogP contribution in [0.1, 0.15) is 66.9 Å². The Morgan fingerprint density at radius 3 is 2.45 bits per heavy atom. The first-order chi connectivity index (χ1) is 19.4. The number of carbonyl (C=O) groups is 3. The van der Waals surface area contributed by atoms with E-state index in [4.69, 9.17) is 14.5 Å². The number of anilines is 1. The van der Waals surface area contributed by atoms with E-state index < -0.39 is 11.5 Å². The predicted molar refractivity (Wildman–Crippen MR) is 151 cm³/mol. The van der Waals surface area contributed by atoms with E-state index >= 15 is 0 Å². The second-order valence-electron chi connectivity index (χ2n) is 10.6. The summed E-state index contributed by atoms with van der Waals surface area (Å²) in [7, 11) is 0. The molecule has 2 fully saturated rings. The molecule has 2 aromatic heterocycles. The van der Waals surface area contributed by atoms with Crippen molar-refractivity contribution in [1.82, 2.24) is 14.9 Å². The molecule has 0 aliphatic heterocycles. The SMILES string of the molecule is O=C(O)/C=C/c1ccc(NC(=O)C2(NC(=O)c3ccc4c(c3)nc(-c3ccco3)n4C3CCC3)CCCC2)cc1. The van der Waals surface area contributed by atoms with Crippen molar-refractivity contribution in [3.8, 4) is 11.6 Å². The van der Waals surface area contributed by atoms with Crippen LogP contribution in [0.3, 0.4) is 0 Å². The van der Waals surface area contributed by atoms with E-state index in [0.29, 0.717) is 47.0 Å². The van der Waals surface area contributed by atoms with Crippen LogP contribution in [0, 0.1) is 0 Å². The van der Waals surface area contributed by atoms with Crippen molar-refractivity contribution in [3.63, 3.8) is 0 Å². The second-order valence-corrected chi connectivity index (χ2v) is 10.6. The van der Waals surface area contributed by atoms with Crippen LogP contribution in [0.15, 0.2) is 71.4 Å². The maximum absolute atomic E-state index is 13.5. The number of benzene rings is 2. The molecule has 204 valence electrons. The molecule has 0 atom stereocenters. The number of hydrogen-bond acceptors (Lipinski definition) is 5. The molecule has 2 aliphatic carbocycles. The number of carbonyl (C=O) groups excluding carboxylic acids is 2. The Morgan fingerprint density at radius 2 is 1.80 bits per heavy atom. The van der Waals surface area contributed by atoms with Crippen LogP contribution in [0.2, 0.25) is 0 Å². The van der Waals surface area contributed by atoms with Crippen LogP contribution in [0.4, 0.5) is 5.69 Å². The number of hydrogen-bond donors (Lipinski definition) is 3. The summed E-state index contributed by atoms with van der Waals surface area (Å²) in [6.07, 6.45) is 10.3. The van der Waals surface area contributed by atoms with Gasteiger partial charge >= 0.3 is 5.97 Å². The van der Waals surface area contributed by atoms with E-state index in [2.05, 4.69) is 15.2 Å². The summed E-state index contributed by atoms with van der Waals surface area (Å²) in [5, 5.41) is 14.8. The third-order valence-electron chi connectivity index (χ3n) is 7.96. The van der Waals surface area contributed by atoms with Gasteiger partial charge in [-0.3, -0.25) is 9.59 Å². The van der Waals surface area contributed by atoms with E-state index in [1.54, 1.807) is 42.7 Å². The van der Waals surface area contributed by atoms with Crippen LogP contribution in [0.5, 0.6) is 0 Å². The van der Waals surface area contributed by atoms with Crippen molar-refractivity contribution in [3.05, 3.63) is 78.1 Å². The number of rotatable bonds is 8. The standard InChI is InChI=1S/C31H30N4O5/c36-27(37)15-10-20-8-12-22(13-9-20)32-30(39)31(16-1-2-17-31)34-29(38)21-11-14-25-24(19-21)33-28(26-7-4-18-40-26)35(25)23-5-3-6-23/h4,7-15,18-19,23H,1-3,5-6,16-17H2,(H,32,39)(H,34,38)(H,36,37)/b15-10+. The van der Waals surface area contributed by atoms with E-state index in [1.807, 2.05) is 18.2 Å². The average Bonchev–Trinajstić information content (AvgIpc) is 3.68. The molecule has 4 aromatic rings. The zero-order valence-corrected chi connectivity index (χ0v) is 21.9. The third kappa shape index (κ3) is 4.90. The first-order valence-corrected chi connectivity index (χ1v) is 13.6. The monoisotopic (exact) mass is 538 g/mol. The molecule has 2 heterocycles. The van der Waals surface area contributed by atoms with Gasteiger partial charge < -0.3 is 24.7 Å². The molecule has 3 N–H and O–H groups in total. The maximum atomic E-state index is 13.5. The van der Waals surface area contributed by atoms with E-state index in [1.165, 1.54) is 12.5 Å². The van der Waals surface area contributed by atoms with Gasteiger partial charge in [-0.15, -0.1) is 0 Å². The minimum absolute atomic E-state index is 0.261. The Morgan fingerprint density at radius 1 is 1.02 bits per heavy atom. The highest BCUT2D eigenvalue weighted by Gasteiger charge is 2.42. The summed E-state index contributed by atoms with van der Waals surface area (Å²) in [5.41, 5.74) is 2.39. The van der Waals surface area contributed by atoms with Gasteiger partial charge in [-0.2, -0.15) is 0 Å². The molecule has 40 heavy (non-hydrogen) atoms. The fraction of sp³-hybridized carbons (Fsp3) is 0.290. The first-order valence-electron chi connectivity index (χ1n) is 13.6. The molecule has 0 radical (unpaired) electrons. The lowest BCUT2D eigenvalue weighted by atomic mass is 9.92. The van der Waals surface area contributed by atoms with Gasteiger partial charge in [0, 0.05) is 23.4 Å². The van der Waals surface area contributed by atoms with Crippen LogP contribution < -0.4 is 10.6 Å². The minimum Gasteiger partial charge on any atom is -0.478 e. The van der Waals surface area contributed by atoms with Crippen LogP contribution in [-0.2, 0) is 9.59 Å². The van der Waals surface area contributed by atoms with Gasteiger partial charge in [-0.25, -0.2) is 9.78 Å². The van der Waals surface area contributed by atoms with Crippen LogP contribution in [0.25, 0.3) is 28.7 Å². The maximum Gasteiger partial charge on any atom is 0.328 e. The summed E-state index contributed by atoms with van der Waals surface area (Å²) in [6, 6.07) is 16.5. The molecule has 6 rings (SSSR count). The topological polar surface area (TPSA) is 126 Å². The molecule has 0 saturated heterocycles. The highest BCUT2D eigenvalue weighted by molar-refractivity contribution is 6.05. The molecule has 2 amide bonds. The van der Waals surface area contributed by atoms with Gasteiger partial charge in [0.05, 0.1) is 17.3 Å². The number of amides is 2. The Balaban J connectivity index is 1.22. The number of aliphatic carboxylic acids is 1. The lowest BCUT2D eigenvalue weighted by Gasteiger charge is -2.29. The normalized spacial score (nSPS) is 16.7. The second kappa shape index (κ2) is 10.5. The van der Waals surface area contributed by atoms with Crippen LogP contribution >= 0.6 is 0 Å². The van der Waals surface area contributed by atoms with E-state index in [-0.39, 0.29) is 11.8 Å². The van der Waals surface area contributed by atoms with Crippen molar-refractivity contribution in [2.24, 2.45) is 0 Å². The molecular formula is C31H30N4O5. The summed E-state index contributed by atoms with van der Waals surface area (Å²) in [4.78, 5) is 42.6. The van der Waals surface area contributed by atoms with Gasteiger partial charge in [0.1, 0.15) is 5.54 Å². The number of aromatic nitrogens is 2. The van der Waals surface area contributed by atoms with Gasteiger partial charge in [-0.1, -0.05) is 25.0 Å². The Labute approximate surface area is 230 Å². The molecule has 0 bridgehead atoms. The van der Waals surface area contributed by atoms with Gasteiger partial charge in [0.15, 0.2) is 11.6 Å². The van der Waals surface area contributed by atoms with Crippen molar-refractivity contribution in [1.29, 1.82) is 0 Å². The molecular weight excluding hydrogens is 508 g/mol. The largest absolute Gasteiger partial charge is 0.478 e. The smallest absolute Gasteiger partial charge is 0.328 e. The molecule has 2 aromatic carbocycles. The fourth-order valence-corrected chi connectivity index (χ4v) is 5.61. The summed E-state index contributed by atoms with van der Waals surface area (Å²) < 4.78 is 7.87. The van der Waals surface area contributed by atoms with E-state index in [9.17, 15) is 14.4 Å². The molecule has 0 unspecified atom stereocenters. The number of nitrogens with zero attached hydrogens (tertiary/aromatic N) is 2. The highest BCUT2D eigenvalue weighted by atomic mass is 16.4. The number of nitrogens with one attached hydrogen (secondary N) is 2. The van der Waals surface area contributed by atoms with Crippen molar-refractivity contribution in [2.45, 2.75) is 56.5 Å². The summed E-state index contributed by atoms with van der Waals surface area (Å²) >= 11 is 0. The third-order valence-corrected chi connectivity index (χ3v) is 7.96. The molecule has 2 saturated carbocycles. The van der Waals surface area contributed by atoms with Crippen LogP contribution in [-0.4, -0.2) is 38.0 Å². The lowest BCUT2D eigenvalue weighted by molar-refractivity contribution is -0.131. The number of imidazole rings is 1. The molecule has 9 heteroatoms. The predicted octanol–water partition coefficient (Wildman–Crippen LogP) is 5.80. The number of furan rings is 1. The molecule has 0 spiro atoms. The Hall–Kier alpha value is -4.66. The van der Waals surface area contributed by atoms with Crippen molar-refractivity contribution < 1.29 is 23.9 Å². The number of fused-ring (bicyclic) bond motifs is 1. The fourth-order valence-electron chi connectivity index (χ4n) is 5.61. The lowest BCUT2D eigenvalue weighted by Crippen LogP contribution is -2.55. The van der Waals surface area contributed by atoms with Gasteiger partial charge in [-0.05, 0) is 86.2 Å². The van der Waals surface area contributed by atoms with Gasteiger partial charge in [0.2, 0.25) is 5.91 Å². The summed E-state index contributed by atoms with van der Waals surface area (Å²) in [6.45, 7) is 0. The highest BCUT2D eigenvalue weighted by Crippen LogP contribution is 2.39. The van der Waals surface area contributed by atoms with Crippen molar-refractivity contribution >= 4 is 40.6 Å². The average molecular weight is 539 g/mol. The number of carboxylic acids is 1. The molecule has 2 aliphatic rings. The van der Waals surface area contributed by atoms with Gasteiger partial charge in [0.25, 0.3) is 5.91 Å². The summed E-state index contributed by atoms with van der Waals surface area (Å²) in [5.74, 6) is -0.145. The number of carboxylic acid groups (broad SMARTS) is 1. The zero-order valence-electron chi connectivity index (χ0n) is 21.9.